The summed E-state index contributed by atoms with van der Waals surface area (Å²) in [6, 6.07) is 16.1. The zero-order valence-corrected chi connectivity index (χ0v) is 17.6. The minimum absolute atomic E-state index is 0.0767. The average molecular weight is 423 g/mol. The molecule has 1 aliphatic rings. The molecule has 1 amide bonds. The van der Waals surface area contributed by atoms with Crippen LogP contribution in [0.3, 0.4) is 0 Å². The molecule has 0 saturated carbocycles. The Balaban J connectivity index is 1.38. The molecule has 6 rings (SSSR count). The van der Waals surface area contributed by atoms with Crippen LogP contribution in [0.5, 0.6) is 5.75 Å². The van der Waals surface area contributed by atoms with E-state index in [1.807, 2.05) is 41.3 Å². The number of carbonyl (C=O) groups is 1. The van der Waals surface area contributed by atoms with E-state index in [9.17, 15) is 4.79 Å². The number of hydrogen-bond donors (Lipinski definition) is 0. The van der Waals surface area contributed by atoms with Crippen molar-refractivity contribution in [1.82, 2.24) is 14.9 Å². The molecule has 0 aliphatic carbocycles. The molecule has 4 heterocycles. The Morgan fingerprint density at radius 1 is 1.12 bits per heavy atom. The van der Waals surface area contributed by atoms with Crippen molar-refractivity contribution < 1.29 is 13.9 Å². The van der Waals surface area contributed by atoms with Crippen LogP contribution in [0.15, 0.2) is 71.5 Å². The molecule has 1 fully saturated rings. The molecule has 1 atom stereocenters. The van der Waals surface area contributed by atoms with Gasteiger partial charge in [0.15, 0.2) is 16.9 Å². The van der Waals surface area contributed by atoms with Crippen LogP contribution < -0.4 is 4.74 Å². The fraction of sp³-hybridized carbons (Fsp3) is 0.192. The molecule has 5 aromatic rings. The maximum Gasteiger partial charge on any atom is 0.223 e. The maximum atomic E-state index is 13.0. The second-order valence-electron chi connectivity index (χ2n) is 8.20. The van der Waals surface area contributed by atoms with Gasteiger partial charge in [-0.25, -0.2) is 0 Å². The van der Waals surface area contributed by atoms with Gasteiger partial charge in [-0.05, 0) is 29.3 Å². The van der Waals surface area contributed by atoms with Gasteiger partial charge in [-0.3, -0.25) is 14.8 Å². The van der Waals surface area contributed by atoms with E-state index in [1.165, 1.54) is 0 Å². The van der Waals surface area contributed by atoms with Gasteiger partial charge < -0.3 is 14.1 Å². The third kappa shape index (κ3) is 2.91. The smallest absolute Gasteiger partial charge is 0.223 e. The Bertz CT molecular complexity index is 1490. The van der Waals surface area contributed by atoms with Crippen LogP contribution in [0.25, 0.3) is 32.8 Å². The summed E-state index contributed by atoms with van der Waals surface area (Å²) in [6.45, 7) is 1.21. The lowest BCUT2D eigenvalue weighted by atomic mass is 9.93. The number of carbonyl (C=O) groups excluding carboxylic acids is 1. The SMILES string of the molecule is COc1ccc(C2CC(=O)N(Cc3cccc4cccnc34)C2)c2c1oc1cnccc12. The van der Waals surface area contributed by atoms with Crippen LogP contribution in [0.4, 0.5) is 0 Å². The molecule has 1 saturated heterocycles. The molecule has 0 spiro atoms. The standard InChI is InChI=1S/C26H21N3O3/c1-31-21-8-7-19(24-20-9-11-27-13-22(20)32-26(21)24)18-12-23(30)29(15-18)14-17-5-2-4-16-6-3-10-28-25(16)17/h2-11,13,18H,12,14-15H2,1H3. The fourth-order valence-electron chi connectivity index (χ4n) is 4.87. The van der Waals surface area contributed by atoms with Crippen molar-refractivity contribution in [1.29, 1.82) is 0 Å². The molecule has 1 aliphatic heterocycles. The van der Waals surface area contributed by atoms with E-state index in [2.05, 4.69) is 22.1 Å². The normalized spacial score (nSPS) is 16.5. The van der Waals surface area contributed by atoms with Gasteiger partial charge in [0.2, 0.25) is 5.91 Å². The number of aromatic nitrogens is 2. The molecular formula is C26H21N3O3. The molecule has 6 nitrogen and oxygen atoms in total. The highest BCUT2D eigenvalue weighted by molar-refractivity contribution is 6.08. The van der Waals surface area contributed by atoms with Crippen LogP contribution in [-0.2, 0) is 11.3 Å². The van der Waals surface area contributed by atoms with Crippen LogP contribution in [0.2, 0.25) is 0 Å². The van der Waals surface area contributed by atoms with Crippen LogP contribution in [-0.4, -0.2) is 34.4 Å². The van der Waals surface area contributed by atoms with Gasteiger partial charge in [-0.2, -0.15) is 0 Å². The Morgan fingerprint density at radius 2 is 2.03 bits per heavy atom. The van der Waals surface area contributed by atoms with E-state index in [0.717, 1.165) is 38.4 Å². The number of hydrogen-bond acceptors (Lipinski definition) is 5. The molecule has 2 aromatic carbocycles. The van der Waals surface area contributed by atoms with Gasteiger partial charge in [0.05, 0.1) is 18.8 Å². The highest BCUT2D eigenvalue weighted by Crippen LogP contribution is 2.42. The molecule has 3 aromatic heterocycles. The zero-order valence-electron chi connectivity index (χ0n) is 17.6. The molecule has 6 heteroatoms. The average Bonchev–Trinajstić information content (AvgIpc) is 3.39. The number of rotatable bonds is 4. The number of furan rings is 1. The molecule has 0 N–H and O–H groups in total. The van der Waals surface area contributed by atoms with Crippen molar-refractivity contribution in [3.05, 3.63) is 78.2 Å². The summed E-state index contributed by atoms with van der Waals surface area (Å²) < 4.78 is 11.6. The van der Waals surface area contributed by atoms with Gasteiger partial charge >= 0.3 is 0 Å². The predicted molar refractivity (Wildman–Crippen MR) is 123 cm³/mol. The van der Waals surface area contributed by atoms with Gasteiger partial charge in [0.25, 0.3) is 0 Å². The van der Waals surface area contributed by atoms with Crippen molar-refractivity contribution in [3.8, 4) is 5.75 Å². The third-order valence-corrected chi connectivity index (χ3v) is 6.37. The van der Waals surface area contributed by atoms with E-state index < -0.39 is 0 Å². The van der Waals surface area contributed by atoms with Crippen molar-refractivity contribution in [2.24, 2.45) is 0 Å². The van der Waals surface area contributed by atoms with Gasteiger partial charge in [0.1, 0.15) is 0 Å². The molecular weight excluding hydrogens is 402 g/mol. The number of likely N-dealkylation sites (tertiary alicyclic amines) is 1. The first-order valence-corrected chi connectivity index (χ1v) is 10.7. The van der Waals surface area contributed by atoms with E-state index in [-0.39, 0.29) is 11.8 Å². The summed E-state index contributed by atoms with van der Waals surface area (Å²) in [5, 5.41) is 3.09. The Labute approximate surface area is 184 Å². The van der Waals surface area contributed by atoms with Crippen molar-refractivity contribution in [2.75, 3.05) is 13.7 Å². The van der Waals surface area contributed by atoms with Crippen LogP contribution in [0.1, 0.15) is 23.5 Å². The van der Waals surface area contributed by atoms with Gasteiger partial charge in [-0.15, -0.1) is 0 Å². The summed E-state index contributed by atoms with van der Waals surface area (Å²) in [5.41, 5.74) is 4.55. The molecule has 158 valence electrons. The van der Waals surface area contributed by atoms with E-state index >= 15 is 0 Å². The quantitative estimate of drug-likeness (QED) is 0.404. The number of nitrogens with zero attached hydrogens (tertiary/aromatic N) is 3. The summed E-state index contributed by atoms with van der Waals surface area (Å²) in [7, 11) is 1.64. The number of ether oxygens (including phenoxy) is 1. The first-order chi connectivity index (χ1) is 15.7. The first kappa shape index (κ1) is 18.8. The minimum atomic E-state index is 0.0767. The minimum Gasteiger partial charge on any atom is -0.493 e. The number of amides is 1. The van der Waals surface area contributed by atoms with Crippen LogP contribution >= 0.6 is 0 Å². The summed E-state index contributed by atoms with van der Waals surface area (Å²) in [5.74, 6) is 0.914. The van der Waals surface area contributed by atoms with Crippen molar-refractivity contribution in [2.45, 2.75) is 18.9 Å². The third-order valence-electron chi connectivity index (χ3n) is 6.37. The van der Waals surface area contributed by atoms with E-state index in [0.29, 0.717) is 30.8 Å². The fourth-order valence-corrected chi connectivity index (χ4v) is 4.87. The molecule has 0 bridgehead atoms. The van der Waals surface area contributed by atoms with Crippen molar-refractivity contribution >= 4 is 38.7 Å². The topological polar surface area (TPSA) is 68.5 Å². The highest BCUT2D eigenvalue weighted by Gasteiger charge is 2.33. The van der Waals surface area contributed by atoms with Gasteiger partial charge in [-0.1, -0.05) is 30.3 Å². The summed E-state index contributed by atoms with van der Waals surface area (Å²) in [6.07, 6.45) is 5.75. The number of para-hydroxylation sites is 1. The largest absolute Gasteiger partial charge is 0.493 e. The number of pyridine rings is 2. The van der Waals surface area contributed by atoms with E-state index in [4.69, 9.17) is 9.15 Å². The Kier molecular flexibility index (Phi) is 4.31. The van der Waals surface area contributed by atoms with Crippen LogP contribution in [0, 0.1) is 0 Å². The van der Waals surface area contributed by atoms with Crippen molar-refractivity contribution in [3.63, 3.8) is 0 Å². The lowest BCUT2D eigenvalue weighted by Crippen LogP contribution is -2.24. The highest BCUT2D eigenvalue weighted by atomic mass is 16.5. The number of benzene rings is 2. The second kappa shape index (κ2) is 7.34. The second-order valence-corrected chi connectivity index (χ2v) is 8.20. The number of methoxy groups -OCH3 is 1. The Morgan fingerprint density at radius 3 is 2.94 bits per heavy atom. The zero-order chi connectivity index (χ0) is 21.7. The maximum absolute atomic E-state index is 13.0. The monoisotopic (exact) mass is 423 g/mol. The lowest BCUT2D eigenvalue weighted by Gasteiger charge is -2.18. The number of fused-ring (bicyclic) bond motifs is 4. The molecule has 32 heavy (non-hydrogen) atoms. The predicted octanol–water partition coefficient (Wildman–Crippen LogP) is 5.05. The summed E-state index contributed by atoms with van der Waals surface area (Å²) >= 11 is 0. The molecule has 1 unspecified atom stereocenters. The summed E-state index contributed by atoms with van der Waals surface area (Å²) in [4.78, 5) is 23.7. The van der Waals surface area contributed by atoms with E-state index in [1.54, 1.807) is 25.7 Å². The first-order valence-electron chi connectivity index (χ1n) is 10.7. The van der Waals surface area contributed by atoms with Gasteiger partial charge in [0, 0.05) is 54.0 Å². The molecule has 0 radical (unpaired) electrons. The Hall–Kier alpha value is -3.93. The lowest BCUT2D eigenvalue weighted by molar-refractivity contribution is -0.128.